The number of rotatable bonds is 8. The summed E-state index contributed by atoms with van der Waals surface area (Å²) >= 11 is 6.00. The van der Waals surface area contributed by atoms with Crippen molar-refractivity contribution in [2.24, 2.45) is 0 Å². The molecule has 8 heteroatoms. The average molecular weight is 374 g/mol. The van der Waals surface area contributed by atoms with E-state index in [1.165, 1.54) is 4.80 Å². The summed E-state index contributed by atoms with van der Waals surface area (Å²) in [6.45, 7) is 3.61. The molecule has 0 saturated carbocycles. The van der Waals surface area contributed by atoms with E-state index >= 15 is 0 Å². The molecule has 136 valence electrons. The fourth-order valence-corrected chi connectivity index (χ4v) is 2.57. The molecular formula is C18H20ClN5O2. The van der Waals surface area contributed by atoms with Gasteiger partial charge < -0.3 is 14.8 Å². The molecule has 0 fully saturated rings. The number of aryl methyl sites for hydroxylation is 1. The normalized spacial score (nSPS) is 10.6. The Kier molecular flexibility index (Phi) is 5.91. The number of methoxy groups -OCH3 is 1. The second-order valence-corrected chi connectivity index (χ2v) is 6.00. The van der Waals surface area contributed by atoms with Crippen LogP contribution in [0.4, 0.5) is 5.95 Å². The highest BCUT2D eigenvalue weighted by Gasteiger charge is 2.08. The van der Waals surface area contributed by atoms with Gasteiger partial charge in [-0.25, -0.2) is 0 Å². The smallest absolute Gasteiger partial charge is 0.263 e. The molecule has 1 N–H and O–H groups in total. The van der Waals surface area contributed by atoms with E-state index in [-0.39, 0.29) is 0 Å². The number of hydrogen-bond acceptors (Lipinski definition) is 6. The predicted octanol–water partition coefficient (Wildman–Crippen LogP) is 3.55. The van der Waals surface area contributed by atoms with Crippen LogP contribution in [-0.2, 0) is 19.7 Å². The van der Waals surface area contributed by atoms with Gasteiger partial charge in [-0.05, 0) is 47.5 Å². The fourth-order valence-electron chi connectivity index (χ4n) is 2.36. The van der Waals surface area contributed by atoms with Crippen LogP contribution in [0.15, 0.2) is 42.5 Å². The lowest BCUT2D eigenvalue weighted by atomic mass is 10.2. The van der Waals surface area contributed by atoms with Gasteiger partial charge in [0.25, 0.3) is 5.95 Å². The second-order valence-electron chi connectivity index (χ2n) is 5.56. The van der Waals surface area contributed by atoms with Crippen molar-refractivity contribution in [2.45, 2.75) is 26.6 Å². The van der Waals surface area contributed by atoms with Crippen molar-refractivity contribution in [1.82, 2.24) is 20.2 Å². The minimum Gasteiger partial charge on any atom is -0.493 e. The molecule has 0 aliphatic heterocycles. The summed E-state index contributed by atoms with van der Waals surface area (Å²) < 4.78 is 11.3. The van der Waals surface area contributed by atoms with Crippen LogP contribution in [0.25, 0.3) is 0 Å². The van der Waals surface area contributed by atoms with Gasteiger partial charge in [-0.15, -0.1) is 5.10 Å². The first-order valence-corrected chi connectivity index (χ1v) is 8.61. The largest absolute Gasteiger partial charge is 0.493 e. The summed E-state index contributed by atoms with van der Waals surface area (Å²) in [5.74, 6) is 1.83. The van der Waals surface area contributed by atoms with Crippen molar-refractivity contribution in [1.29, 1.82) is 0 Å². The van der Waals surface area contributed by atoms with Crippen molar-refractivity contribution < 1.29 is 9.47 Å². The molecule has 3 rings (SSSR count). The van der Waals surface area contributed by atoms with Crippen molar-refractivity contribution in [3.8, 4) is 11.5 Å². The highest BCUT2D eigenvalue weighted by Crippen LogP contribution is 2.29. The van der Waals surface area contributed by atoms with Gasteiger partial charge in [-0.3, -0.25) is 0 Å². The van der Waals surface area contributed by atoms with Gasteiger partial charge in [0.05, 0.1) is 13.7 Å². The van der Waals surface area contributed by atoms with Gasteiger partial charge in [0, 0.05) is 11.6 Å². The maximum absolute atomic E-state index is 6.00. The molecule has 26 heavy (non-hydrogen) atoms. The van der Waals surface area contributed by atoms with E-state index in [2.05, 4.69) is 20.7 Å². The number of hydrogen-bond donors (Lipinski definition) is 1. The molecule has 0 spiro atoms. The molecule has 0 aliphatic carbocycles. The van der Waals surface area contributed by atoms with E-state index in [0.717, 1.165) is 11.1 Å². The Morgan fingerprint density at radius 2 is 2.00 bits per heavy atom. The Hall–Kier alpha value is -2.80. The first-order chi connectivity index (χ1) is 12.7. The van der Waals surface area contributed by atoms with Gasteiger partial charge in [0.2, 0.25) is 0 Å². The molecule has 2 aromatic carbocycles. The molecule has 0 atom stereocenters. The second kappa shape index (κ2) is 8.53. The molecule has 0 bridgehead atoms. The number of aromatic nitrogens is 4. The molecule has 0 unspecified atom stereocenters. The number of nitrogens with one attached hydrogen (secondary N) is 1. The van der Waals surface area contributed by atoms with E-state index in [1.54, 1.807) is 7.11 Å². The van der Waals surface area contributed by atoms with Gasteiger partial charge in [0.15, 0.2) is 11.5 Å². The van der Waals surface area contributed by atoms with Crippen LogP contribution in [0.2, 0.25) is 5.02 Å². The summed E-state index contributed by atoms with van der Waals surface area (Å²) in [6.07, 6.45) is 0. The highest BCUT2D eigenvalue weighted by atomic mass is 35.5. The van der Waals surface area contributed by atoms with Crippen molar-refractivity contribution in [3.05, 3.63) is 58.6 Å². The van der Waals surface area contributed by atoms with Crippen molar-refractivity contribution in [2.75, 3.05) is 12.4 Å². The molecule has 0 saturated heterocycles. The van der Waals surface area contributed by atoms with Crippen LogP contribution >= 0.6 is 11.6 Å². The van der Waals surface area contributed by atoms with E-state index < -0.39 is 0 Å². The van der Waals surface area contributed by atoms with Crippen LogP contribution < -0.4 is 14.8 Å². The maximum Gasteiger partial charge on any atom is 0.263 e. The van der Waals surface area contributed by atoms with Crippen LogP contribution in [-0.4, -0.2) is 27.3 Å². The minimum atomic E-state index is 0.415. The number of halogens is 1. The Morgan fingerprint density at radius 3 is 2.73 bits per heavy atom. The molecule has 7 nitrogen and oxygen atoms in total. The summed E-state index contributed by atoms with van der Waals surface area (Å²) in [5.41, 5.74) is 2.01. The average Bonchev–Trinajstić information content (AvgIpc) is 3.13. The Bertz CT molecular complexity index is 868. The molecule has 3 aromatic rings. The van der Waals surface area contributed by atoms with Gasteiger partial charge in [0.1, 0.15) is 6.61 Å². The molecule has 1 aromatic heterocycles. The highest BCUT2D eigenvalue weighted by molar-refractivity contribution is 6.30. The lowest BCUT2D eigenvalue weighted by molar-refractivity contribution is 0.284. The maximum atomic E-state index is 6.00. The number of benzene rings is 2. The Balaban J connectivity index is 1.63. The quantitative estimate of drug-likeness (QED) is 0.651. The summed E-state index contributed by atoms with van der Waals surface area (Å²) in [6, 6.07) is 13.3. The summed E-state index contributed by atoms with van der Waals surface area (Å²) in [4.78, 5) is 1.52. The molecule has 1 heterocycles. The van der Waals surface area contributed by atoms with Crippen molar-refractivity contribution in [3.63, 3.8) is 0 Å². The molecule has 0 aliphatic rings. The van der Waals surface area contributed by atoms with Gasteiger partial charge in [-0.2, -0.15) is 4.80 Å². The fraction of sp³-hybridized carbons (Fsp3) is 0.278. The molecule has 0 radical (unpaired) electrons. The van der Waals surface area contributed by atoms with Crippen LogP contribution in [0, 0.1) is 0 Å². The zero-order valence-corrected chi connectivity index (χ0v) is 15.4. The number of anilines is 1. The van der Waals surface area contributed by atoms with Crippen LogP contribution in [0.5, 0.6) is 11.5 Å². The monoisotopic (exact) mass is 373 g/mol. The number of ether oxygens (including phenoxy) is 2. The van der Waals surface area contributed by atoms with Gasteiger partial charge >= 0.3 is 0 Å². The van der Waals surface area contributed by atoms with Crippen LogP contribution in [0.3, 0.4) is 0 Å². The first-order valence-electron chi connectivity index (χ1n) is 8.23. The summed E-state index contributed by atoms with van der Waals surface area (Å²) in [7, 11) is 1.62. The Labute approximate surface area is 156 Å². The van der Waals surface area contributed by atoms with E-state index in [4.69, 9.17) is 21.1 Å². The van der Waals surface area contributed by atoms with Gasteiger partial charge in [-0.1, -0.05) is 34.9 Å². The third-order valence-corrected chi connectivity index (χ3v) is 3.93. The summed E-state index contributed by atoms with van der Waals surface area (Å²) in [5, 5.41) is 15.9. The third kappa shape index (κ3) is 4.64. The topological polar surface area (TPSA) is 74.1 Å². The predicted molar refractivity (Wildman–Crippen MR) is 99.6 cm³/mol. The minimum absolute atomic E-state index is 0.415. The lowest BCUT2D eigenvalue weighted by Crippen LogP contribution is -2.04. The zero-order chi connectivity index (χ0) is 18.4. The first kappa shape index (κ1) is 18.0. The SMILES string of the molecule is CCn1nnc(NCc2ccc(OCc3cccc(Cl)c3)c(OC)c2)n1. The molecular weight excluding hydrogens is 354 g/mol. The van der Waals surface area contributed by atoms with Crippen molar-refractivity contribution >= 4 is 17.5 Å². The third-order valence-electron chi connectivity index (χ3n) is 3.70. The standard InChI is InChI=1S/C18H20ClN5O2/c1-3-24-22-18(21-23-24)20-11-13-7-8-16(17(10-13)25-2)26-12-14-5-4-6-15(19)9-14/h4-10H,3,11-12H2,1-2H3,(H,20,22). The number of tetrazole rings is 1. The Morgan fingerprint density at radius 1 is 1.12 bits per heavy atom. The van der Waals surface area contributed by atoms with Crippen LogP contribution in [0.1, 0.15) is 18.1 Å². The number of nitrogens with zero attached hydrogens (tertiary/aromatic N) is 4. The van der Waals surface area contributed by atoms with E-state index in [0.29, 0.717) is 42.2 Å². The lowest BCUT2D eigenvalue weighted by Gasteiger charge is -2.12. The van der Waals surface area contributed by atoms with E-state index in [1.807, 2.05) is 49.4 Å². The zero-order valence-electron chi connectivity index (χ0n) is 14.6. The molecule has 0 amide bonds. The van der Waals surface area contributed by atoms with E-state index in [9.17, 15) is 0 Å².